The number of hydrogen-bond acceptors (Lipinski definition) is 4. The van der Waals surface area contributed by atoms with Crippen LogP contribution in [0, 0.1) is 0 Å². The Labute approximate surface area is 94.9 Å². The zero-order valence-corrected chi connectivity index (χ0v) is 9.53. The summed E-state index contributed by atoms with van der Waals surface area (Å²) in [4.78, 5) is 8.28. The summed E-state index contributed by atoms with van der Waals surface area (Å²) in [6.07, 6.45) is 1.69. The van der Waals surface area contributed by atoms with Crippen LogP contribution in [0.3, 0.4) is 0 Å². The number of hydrogen-bond donors (Lipinski definition) is 3. The molecular formula is C10H17N5O. The molecule has 16 heavy (non-hydrogen) atoms. The zero-order chi connectivity index (χ0) is 11.8. The van der Waals surface area contributed by atoms with Gasteiger partial charge in [0.2, 0.25) is 11.8 Å². The first-order chi connectivity index (χ1) is 7.80. The van der Waals surface area contributed by atoms with Crippen molar-refractivity contribution in [3.8, 4) is 5.88 Å². The molecule has 0 unspecified atom stereocenters. The van der Waals surface area contributed by atoms with Gasteiger partial charge in [-0.05, 0) is 18.6 Å². The normalized spacial score (nSPS) is 11.1. The number of aromatic nitrogens is 1. The van der Waals surface area contributed by atoms with Crippen LogP contribution in [0.25, 0.3) is 0 Å². The number of nitrogens with two attached hydrogens (primary N) is 1. The Kier molecular flexibility index (Phi) is 5.07. The van der Waals surface area contributed by atoms with E-state index in [1.54, 1.807) is 13.3 Å². The molecule has 0 radical (unpaired) electrons. The third-order valence-electron chi connectivity index (χ3n) is 1.91. The first-order valence-corrected chi connectivity index (χ1v) is 5.04. The van der Waals surface area contributed by atoms with Crippen molar-refractivity contribution >= 4 is 5.96 Å². The summed E-state index contributed by atoms with van der Waals surface area (Å²) in [6.45, 7) is 3.26. The van der Waals surface area contributed by atoms with Gasteiger partial charge < -0.3 is 10.1 Å². The van der Waals surface area contributed by atoms with E-state index in [9.17, 15) is 0 Å². The molecular weight excluding hydrogens is 206 g/mol. The van der Waals surface area contributed by atoms with Gasteiger partial charge >= 0.3 is 0 Å². The van der Waals surface area contributed by atoms with Crippen molar-refractivity contribution in [3.05, 3.63) is 23.9 Å². The number of aliphatic imine (C=N–C) groups is 1. The van der Waals surface area contributed by atoms with Crippen molar-refractivity contribution < 1.29 is 4.74 Å². The minimum absolute atomic E-state index is 0.519. The highest BCUT2D eigenvalue weighted by Gasteiger charge is 1.97. The Morgan fingerprint density at radius 1 is 1.62 bits per heavy atom. The number of ether oxygens (including phenoxy) is 1. The fourth-order valence-electron chi connectivity index (χ4n) is 1.15. The molecule has 0 bridgehead atoms. The van der Waals surface area contributed by atoms with Crippen LogP contribution in [0.1, 0.15) is 12.5 Å². The Hall–Kier alpha value is -1.82. The molecule has 0 fully saturated rings. The first-order valence-electron chi connectivity index (χ1n) is 5.04. The third-order valence-corrected chi connectivity index (χ3v) is 1.91. The van der Waals surface area contributed by atoms with Gasteiger partial charge in [0.1, 0.15) is 0 Å². The minimum atomic E-state index is 0.519. The number of hydrazine groups is 1. The molecule has 0 aromatic carbocycles. The summed E-state index contributed by atoms with van der Waals surface area (Å²) in [6, 6.07) is 3.72. The van der Waals surface area contributed by atoms with Gasteiger partial charge in [-0.1, -0.05) is 0 Å². The lowest BCUT2D eigenvalue weighted by Crippen LogP contribution is -2.41. The van der Waals surface area contributed by atoms with E-state index < -0.39 is 0 Å². The lowest BCUT2D eigenvalue weighted by molar-refractivity contribution is 0.397. The molecule has 1 rings (SSSR count). The summed E-state index contributed by atoms with van der Waals surface area (Å²) in [5, 5.41) is 3.00. The lowest BCUT2D eigenvalue weighted by Gasteiger charge is -2.06. The maximum Gasteiger partial charge on any atom is 0.213 e. The quantitative estimate of drug-likeness (QED) is 0.290. The van der Waals surface area contributed by atoms with E-state index >= 15 is 0 Å². The average Bonchev–Trinajstić information content (AvgIpc) is 2.34. The van der Waals surface area contributed by atoms with Crippen molar-refractivity contribution in [2.75, 3.05) is 13.7 Å². The summed E-state index contributed by atoms with van der Waals surface area (Å²) < 4.78 is 5.02. The van der Waals surface area contributed by atoms with E-state index in [0.29, 0.717) is 18.4 Å². The predicted molar refractivity (Wildman–Crippen MR) is 62.9 cm³/mol. The fraction of sp³-hybridized carbons (Fsp3) is 0.400. The highest BCUT2D eigenvalue weighted by molar-refractivity contribution is 5.79. The fourth-order valence-corrected chi connectivity index (χ4v) is 1.15. The van der Waals surface area contributed by atoms with Crippen LogP contribution in [0.2, 0.25) is 0 Å². The number of nitrogens with zero attached hydrogens (tertiary/aromatic N) is 2. The van der Waals surface area contributed by atoms with E-state index in [2.05, 4.69) is 20.7 Å². The summed E-state index contributed by atoms with van der Waals surface area (Å²) >= 11 is 0. The standard InChI is InChI=1S/C10H17N5O/c1-3-12-10(15-11)14-7-8-4-5-13-9(6-8)16-2/h4-6H,3,7,11H2,1-2H3,(H2,12,14,15). The second-order valence-corrected chi connectivity index (χ2v) is 3.05. The number of guanidine groups is 1. The smallest absolute Gasteiger partial charge is 0.213 e. The molecule has 0 aliphatic rings. The summed E-state index contributed by atoms with van der Waals surface area (Å²) in [5.74, 6) is 6.45. The lowest BCUT2D eigenvalue weighted by atomic mass is 10.3. The number of rotatable bonds is 4. The average molecular weight is 223 g/mol. The van der Waals surface area contributed by atoms with Crippen LogP contribution in [0.15, 0.2) is 23.3 Å². The Bertz CT molecular complexity index is 353. The molecule has 0 aliphatic carbocycles. The van der Waals surface area contributed by atoms with Gasteiger partial charge in [0, 0.05) is 18.8 Å². The van der Waals surface area contributed by atoms with Crippen molar-refractivity contribution in [1.82, 2.24) is 15.7 Å². The largest absolute Gasteiger partial charge is 0.481 e. The van der Waals surface area contributed by atoms with Gasteiger partial charge in [0.15, 0.2) is 0 Å². The minimum Gasteiger partial charge on any atom is -0.481 e. The van der Waals surface area contributed by atoms with E-state index in [1.165, 1.54) is 0 Å². The molecule has 4 N–H and O–H groups in total. The van der Waals surface area contributed by atoms with Crippen LogP contribution in [-0.4, -0.2) is 24.6 Å². The van der Waals surface area contributed by atoms with Gasteiger partial charge in [0.05, 0.1) is 13.7 Å². The predicted octanol–water partition coefficient (Wildman–Crippen LogP) is 0.0190. The summed E-state index contributed by atoms with van der Waals surface area (Å²) in [7, 11) is 1.58. The SMILES string of the molecule is CCNC(=NCc1ccnc(OC)c1)NN. The molecule has 0 amide bonds. The third kappa shape index (κ3) is 3.74. The molecule has 0 saturated heterocycles. The van der Waals surface area contributed by atoms with E-state index in [0.717, 1.165) is 12.1 Å². The maximum atomic E-state index is 5.30. The maximum absolute atomic E-state index is 5.30. The van der Waals surface area contributed by atoms with Crippen LogP contribution in [0.4, 0.5) is 0 Å². The molecule has 1 aromatic heterocycles. The molecule has 6 heteroatoms. The highest BCUT2D eigenvalue weighted by atomic mass is 16.5. The monoisotopic (exact) mass is 223 g/mol. The van der Waals surface area contributed by atoms with E-state index in [4.69, 9.17) is 10.6 Å². The molecule has 88 valence electrons. The Morgan fingerprint density at radius 2 is 2.44 bits per heavy atom. The molecule has 1 aromatic rings. The number of pyridine rings is 1. The van der Waals surface area contributed by atoms with E-state index in [-0.39, 0.29) is 0 Å². The first kappa shape index (κ1) is 12.3. The van der Waals surface area contributed by atoms with E-state index in [1.807, 2.05) is 19.1 Å². The summed E-state index contributed by atoms with van der Waals surface area (Å²) in [5.41, 5.74) is 3.51. The van der Waals surface area contributed by atoms with Crippen molar-refractivity contribution in [1.29, 1.82) is 0 Å². The molecule has 0 atom stereocenters. The van der Waals surface area contributed by atoms with Crippen molar-refractivity contribution in [3.63, 3.8) is 0 Å². The van der Waals surface area contributed by atoms with Crippen LogP contribution >= 0.6 is 0 Å². The number of nitrogens with one attached hydrogen (secondary N) is 2. The van der Waals surface area contributed by atoms with Gasteiger partial charge in [-0.15, -0.1) is 0 Å². The number of methoxy groups -OCH3 is 1. The van der Waals surface area contributed by atoms with Gasteiger partial charge in [-0.25, -0.2) is 15.8 Å². The van der Waals surface area contributed by atoms with Crippen LogP contribution in [-0.2, 0) is 6.54 Å². The molecule has 0 saturated carbocycles. The Balaban J connectivity index is 2.64. The van der Waals surface area contributed by atoms with Crippen LogP contribution < -0.4 is 21.3 Å². The second-order valence-electron chi connectivity index (χ2n) is 3.05. The molecule has 6 nitrogen and oxygen atoms in total. The second kappa shape index (κ2) is 6.62. The molecule has 0 spiro atoms. The van der Waals surface area contributed by atoms with Gasteiger partial charge in [0.25, 0.3) is 0 Å². The Morgan fingerprint density at radius 3 is 3.06 bits per heavy atom. The topological polar surface area (TPSA) is 84.6 Å². The van der Waals surface area contributed by atoms with Crippen molar-refractivity contribution in [2.24, 2.45) is 10.8 Å². The van der Waals surface area contributed by atoms with Gasteiger partial charge in [-0.3, -0.25) is 5.43 Å². The molecule has 0 aliphatic heterocycles. The molecule has 1 heterocycles. The van der Waals surface area contributed by atoms with Crippen molar-refractivity contribution in [2.45, 2.75) is 13.5 Å². The zero-order valence-electron chi connectivity index (χ0n) is 9.53. The van der Waals surface area contributed by atoms with Crippen LogP contribution in [0.5, 0.6) is 5.88 Å². The highest BCUT2D eigenvalue weighted by Crippen LogP contribution is 2.09. The van der Waals surface area contributed by atoms with Gasteiger partial charge in [-0.2, -0.15) is 0 Å².